The first kappa shape index (κ1) is 7.58. The van der Waals surface area contributed by atoms with Crippen LogP contribution in [0.15, 0.2) is 0 Å². The molecule has 0 spiro atoms. The van der Waals surface area contributed by atoms with E-state index in [0.29, 0.717) is 17.9 Å². The van der Waals surface area contributed by atoms with E-state index in [-0.39, 0.29) is 5.91 Å². The molecular formula is C8H15NO. The zero-order chi connectivity index (χ0) is 7.72. The molecule has 1 N–H and O–H groups in total. The lowest BCUT2D eigenvalue weighted by atomic mass is 9.90. The van der Waals surface area contributed by atoms with Crippen molar-refractivity contribution in [3.05, 3.63) is 0 Å². The maximum absolute atomic E-state index is 10.9. The van der Waals surface area contributed by atoms with Crippen molar-refractivity contribution in [3.63, 3.8) is 0 Å². The van der Waals surface area contributed by atoms with Crippen LogP contribution in [0.3, 0.4) is 0 Å². The van der Waals surface area contributed by atoms with E-state index in [4.69, 9.17) is 0 Å². The quantitative estimate of drug-likeness (QED) is 0.583. The van der Waals surface area contributed by atoms with Crippen LogP contribution >= 0.6 is 0 Å². The lowest BCUT2D eigenvalue weighted by Crippen LogP contribution is -2.27. The predicted molar refractivity (Wildman–Crippen MR) is 40.5 cm³/mol. The monoisotopic (exact) mass is 141 g/mol. The fourth-order valence-electron chi connectivity index (χ4n) is 1.62. The second kappa shape index (κ2) is 2.60. The highest BCUT2D eigenvalue weighted by Gasteiger charge is 2.30. The van der Waals surface area contributed by atoms with Crippen LogP contribution in [-0.2, 0) is 4.79 Å². The van der Waals surface area contributed by atoms with Crippen LogP contribution in [0.5, 0.6) is 0 Å². The molecule has 0 bridgehead atoms. The van der Waals surface area contributed by atoms with E-state index in [1.807, 2.05) is 0 Å². The molecule has 0 saturated carbocycles. The number of amides is 1. The first-order chi connectivity index (χ1) is 4.61. The molecule has 2 heteroatoms. The van der Waals surface area contributed by atoms with Gasteiger partial charge in [0.05, 0.1) is 0 Å². The Morgan fingerprint density at radius 1 is 1.60 bits per heavy atom. The van der Waals surface area contributed by atoms with Gasteiger partial charge < -0.3 is 5.32 Å². The summed E-state index contributed by atoms with van der Waals surface area (Å²) < 4.78 is 0. The second-order valence-electron chi connectivity index (χ2n) is 3.47. The molecule has 0 aromatic heterocycles. The highest BCUT2D eigenvalue weighted by molar-refractivity contribution is 5.78. The van der Waals surface area contributed by atoms with Crippen LogP contribution in [0, 0.1) is 11.8 Å². The van der Waals surface area contributed by atoms with Crippen molar-refractivity contribution >= 4 is 5.91 Å². The van der Waals surface area contributed by atoms with Gasteiger partial charge in [-0.2, -0.15) is 0 Å². The van der Waals surface area contributed by atoms with Gasteiger partial charge in [-0.25, -0.2) is 0 Å². The smallest absolute Gasteiger partial charge is 0.220 e. The molecule has 58 valence electrons. The van der Waals surface area contributed by atoms with Crippen molar-refractivity contribution in [1.82, 2.24) is 5.32 Å². The van der Waals surface area contributed by atoms with Gasteiger partial charge in [0.25, 0.3) is 0 Å². The molecule has 2 atom stereocenters. The Hall–Kier alpha value is -0.530. The fraction of sp³-hybridized carbons (Fsp3) is 0.875. The van der Waals surface area contributed by atoms with E-state index in [0.717, 1.165) is 6.42 Å². The standard InChI is InChI=1S/C8H15NO/c1-5(2)7-4-8(10)9-6(7)3/h5-7H,4H2,1-3H3,(H,9,10)/t6-,7+/m1/s1. The number of hydrogen-bond acceptors (Lipinski definition) is 1. The molecule has 1 rings (SSSR count). The molecule has 0 aliphatic carbocycles. The molecule has 1 amide bonds. The molecule has 10 heavy (non-hydrogen) atoms. The Kier molecular flexibility index (Phi) is 1.97. The Labute approximate surface area is 62.0 Å². The summed E-state index contributed by atoms with van der Waals surface area (Å²) in [4.78, 5) is 10.9. The lowest BCUT2D eigenvalue weighted by molar-refractivity contribution is -0.119. The third-order valence-electron chi connectivity index (χ3n) is 2.31. The average Bonchev–Trinajstić information content (AvgIpc) is 2.10. The van der Waals surface area contributed by atoms with E-state index in [1.165, 1.54) is 0 Å². The molecule has 0 radical (unpaired) electrons. The molecule has 1 saturated heterocycles. The first-order valence-corrected chi connectivity index (χ1v) is 3.90. The van der Waals surface area contributed by atoms with Gasteiger partial charge in [-0.15, -0.1) is 0 Å². The van der Waals surface area contributed by atoms with Gasteiger partial charge in [0.15, 0.2) is 0 Å². The number of carbonyl (C=O) groups excluding carboxylic acids is 1. The normalized spacial score (nSPS) is 33.0. The third-order valence-corrected chi connectivity index (χ3v) is 2.31. The Morgan fingerprint density at radius 3 is 2.40 bits per heavy atom. The van der Waals surface area contributed by atoms with Crippen molar-refractivity contribution in [2.45, 2.75) is 33.2 Å². The van der Waals surface area contributed by atoms with Gasteiger partial charge in [0, 0.05) is 12.5 Å². The zero-order valence-corrected chi connectivity index (χ0v) is 6.85. The van der Waals surface area contributed by atoms with E-state index >= 15 is 0 Å². The average molecular weight is 141 g/mol. The summed E-state index contributed by atoms with van der Waals surface area (Å²) in [5, 5.41) is 2.91. The van der Waals surface area contributed by atoms with Crippen LogP contribution in [0.4, 0.5) is 0 Å². The van der Waals surface area contributed by atoms with Crippen LogP contribution < -0.4 is 5.32 Å². The minimum atomic E-state index is 0.214. The van der Waals surface area contributed by atoms with Crippen molar-refractivity contribution in [3.8, 4) is 0 Å². The molecule has 2 nitrogen and oxygen atoms in total. The van der Waals surface area contributed by atoms with Crippen LogP contribution in [0.1, 0.15) is 27.2 Å². The van der Waals surface area contributed by atoms with Crippen molar-refractivity contribution in [2.24, 2.45) is 11.8 Å². The molecule has 1 aliphatic heterocycles. The number of hydrogen-bond donors (Lipinski definition) is 1. The molecule has 1 heterocycles. The Bertz CT molecular complexity index is 142. The molecule has 1 aliphatic rings. The van der Waals surface area contributed by atoms with Crippen LogP contribution in [-0.4, -0.2) is 11.9 Å². The summed E-state index contributed by atoms with van der Waals surface area (Å²) in [5.41, 5.74) is 0. The maximum atomic E-state index is 10.9. The predicted octanol–water partition coefficient (Wildman–Crippen LogP) is 1.17. The van der Waals surface area contributed by atoms with Crippen molar-refractivity contribution in [2.75, 3.05) is 0 Å². The second-order valence-corrected chi connectivity index (χ2v) is 3.47. The zero-order valence-electron chi connectivity index (χ0n) is 6.85. The molecular weight excluding hydrogens is 126 g/mol. The molecule has 0 aromatic carbocycles. The highest BCUT2D eigenvalue weighted by Crippen LogP contribution is 2.23. The minimum Gasteiger partial charge on any atom is -0.353 e. The van der Waals surface area contributed by atoms with E-state index in [2.05, 4.69) is 26.1 Å². The summed E-state index contributed by atoms with van der Waals surface area (Å²) in [6.45, 7) is 6.42. The minimum absolute atomic E-state index is 0.214. The summed E-state index contributed by atoms with van der Waals surface area (Å²) >= 11 is 0. The summed E-state index contributed by atoms with van der Waals surface area (Å²) in [7, 11) is 0. The summed E-state index contributed by atoms with van der Waals surface area (Å²) in [5.74, 6) is 1.38. The van der Waals surface area contributed by atoms with Gasteiger partial charge in [-0.3, -0.25) is 4.79 Å². The van der Waals surface area contributed by atoms with Crippen LogP contribution in [0.2, 0.25) is 0 Å². The summed E-state index contributed by atoms with van der Waals surface area (Å²) in [6.07, 6.45) is 0.721. The van der Waals surface area contributed by atoms with Gasteiger partial charge in [-0.05, 0) is 18.8 Å². The Morgan fingerprint density at radius 2 is 2.20 bits per heavy atom. The van der Waals surface area contributed by atoms with Crippen LogP contribution in [0.25, 0.3) is 0 Å². The van der Waals surface area contributed by atoms with E-state index in [1.54, 1.807) is 0 Å². The highest BCUT2D eigenvalue weighted by atomic mass is 16.1. The summed E-state index contributed by atoms with van der Waals surface area (Å²) in [6, 6.07) is 0.382. The first-order valence-electron chi connectivity index (χ1n) is 3.90. The number of carbonyl (C=O) groups is 1. The topological polar surface area (TPSA) is 29.1 Å². The Balaban J connectivity index is 2.54. The van der Waals surface area contributed by atoms with E-state index in [9.17, 15) is 4.79 Å². The van der Waals surface area contributed by atoms with Crippen molar-refractivity contribution in [1.29, 1.82) is 0 Å². The maximum Gasteiger partial charge on any atom is 0.220 e. The SMILES string of the molecule is CC(C)[C@@H]1CC(=O)N[C@@H]1C. The van der Waals surface area contributed by atoms with Crippen molar-refractivity contribution < 1.29 is 4.79 Å². The van der Waals surface area contributed by atoms with Gasteiger partial charge in [0.2, 0.25) is 5.91 Å². The van der Waals surface area contributed by atoms with Gasteiger partial charge >= 0.3 is 0 Å². The van der Waals surface area contributed by atoms with E-state index < -0.39 is 0 Å². The van der Waals surface area contributed by atoms with Gasteiger partial charge in [-0.1, -0.05) is 13.8 Å². The largest absolute Gasteiger partial charge is 0.353 e. The van der Waals surface area contributed by atoms with Gasteiger partial charge in [0.1, 0.15) is 0 Å². The number of rotatable bonds is 1. The lowest BCUT2D eigenvalue weighted by Gasteiger charge is -2.17. The molecule has 1 fully saturated rings. The number of nitrogens with one attached hydrogen (secondary N) is 1. The third kappa shape index (κ3) is 1.31. The molecule has 0 unspecified atom stereocenters. The fourth-order valence-corrected chi connectivity index (χ4v) is 1.62. The molecule has 0 aromatic rings.